The molecule has 1 aromatic carbocycles. The van der Waals surface area contributed by atoms with Gasteiger partial charge in [-0.25, -0.2) is 4.98 Å². The van der Waals surface area contributed by atoms with Gasteiger partial charge < -0.3 is 16.0 Å². The van der Waals surface area contributed by atoms with Gasteiger partial charge in [0.05, 0.1) is 10.7 Å². The second kappa shape index (κ2) is 12.7. The Morgan fingerprint density at radius 2 is 1.81 bits per heavy atom. The summed E-state index contributed by atoms with van der Waals surface area (Å²) in [4.78, 5) is 22.4. The van der Waals surface area contributed by atoms with Crippen LogP contribution in [0.4, 0.5) is 0 Å². The number of amides is 1. The van der Waals surface area contributed by atoms with Gasteiger partial charge in [0.15, 0.2) is 5.96 Å². The average Bonchev–Trinajstić information content (AvgIpc) is 2.97. The molecule has 0 aliphatic carbocycles. The molecule has 3 N–H and O–H groups in total. The first kappa shape index (κ1) is 23.4. The molecule has 0 unspecified atom stereocenters. The zero-order valence-corrected chi connectivity index (χ0v) is 19.2. The van der Waals surface area contributed by atoms with Gasteiger partial charge in [0.2, 0.25) is 0 Å². The molecule has 0 aliphatic heterocycles. The first-order chi connectivity index (χ1) is 12.6. The normalized spacial score (nSPS) is 10.9. The van der Waals surface area contributed by atoms with Gasteiger partial charge in [0, 0.05) is 43.0 Å². The largest absolute Gasteiger partial charge is 0.357 e. The predicted molar refractivity (Wildman–Crippen MR) is 123 cm³/mol. The van der Waals surface area contributed by atoms with Crippen molar-refractivity contribution >= 4 is 47.2 Å². The van der Waals surface area contributed by atoms with Crippen LogP contribution in [0.25, 0.3) is 0 Å². The summed E-state index contributed by atoms with van der Waals surface area (Å²) in [6.45, 7) is 8.77. The predicted octanol–water partition coefficient (Wildman–Crippen LogP) is 2.91. The minimum atomic E-state index is -0.0659. The molecule has 2 aromatic rings. The third-order valence-corrected chi connectivity index (χ3v) is 4.88. The molecule has 0 atom stereocenters. The lowest BCUT2D eigenvalue weighted by molar-refractivity contribution is 0.0954. The number of carbonyl (C=O) groups excluding carboxylic acids is 1. The molecule has 0 radical (unpaired) electrons. The quantitative estimate of drug-likeness (QED) is 0.225. The highest BCUT2D eigenvalue weighted by Crippen LogP contribution is 2.16. The summed E-state index contributed by atoms with van der Waals surface area (Å²) < 4.78 is 0. The maximum Gasteiger partial charge on any atom is 0.251 e. The molecule has 0 spiro atoms. The number of hydrogen-bond donors (Lipinski definition) is 3. The lowest BCUT2D eigenvalue weighted by Crippen LogP contribution is -2.41. The average molecular weight is 501 g/mol. The molecular formula is C19H28IN5OS. The van der Waals surface area contributed by atoms with Crippen molar-refractivity contribution in [1.82, 2.24) is 20.9 Å². The summed E-state index contributed by atoms with van der Waals surface area (Å²) in [7, 11) is 0. The van der Waals surface area contributed by atoms with E-state index in [4.69, 9.17) is 0 Å². The van der Waals surface area contributed by atoms with E-state index in [1.807, 2.05) is 32.0 Å². The summed E-state index contributed by atoms with van der Waals surface area (Å²) in [5.41, 5.74) is 1.77. The Kier molecular flexibility index (Phi) is 11.0. The number of aromatic nitrogens is 1. The number of rotatable bonds is 8. The first-order valence-corrected chi connectivity index (χ1v) is 9.70. The molecule has 1 heterocycles. The highest BCUT2D eigenvalue weighted by Gasteiger charge is 2.05. The van der Waals surface area contributed by atoms with E-state index in [0.717, 1.165) is 29.6 Å². The van der Waals surface area contributed by atoms with Crippen LogP contribution in [0.2, 0.25) is 0 Å². The second-order valence-corrected chi connectivity index (χ2v) is 7.10. The lowest BCUT2D eigenvalue weighted by atomic mass is 10.2. The van der Waals surface area contributed by atoms with Crippen molar-refractivity contribution in [3.63, 3.8) is 0 Å². The molecule has 1 amide bonds. The Balaban J connectivity index is 0.00000364. The number of nitrogens with zero attached hydrogens (tertiary/aromatic N) is 2. The molecule has 2 rings (SSSR count). The number of aliphatic imine (C=N–C) groups is 1. The molecule has 148 valence electrons. The third-order valence-electron chi connectivity index (χ3n) is 3.75. The van der Waals surface area contributed by atoms with Gasteiger partial charge >= 0.3 is 0 Å². The number of guanidine groups is 1. The molecular weight excluding hydrogens is 473 g/mol. The minimum Gasteiger partial charge on any atom is -0.357 e. The van der Waals surface area contributed by atoms with Crippen molar-refractivity contribution in [3.8, 4) is 0 Å². The second-order valence-electron chi connectivity index (χ2n) is 5.81. The van der Waals surface area contributed by atoms with Gasteiger partial charge in [-0.15, -0.1) is 35.3 Å². The Labute approximate surface area is 182 Å². The van der Waals surface area contributed by atoms with Gasteiger partial charge in [-0.3, -0.25) is 9.79 Å². The maximum absolute atomic E-state index is 12.0. The minimum absolute atomic E-state index is 0. The smallest absolute Gasteiger partial charge is 0.251 e. The number of carbonyl (C=O) groups is 1. The van der Waals surface area contributed by atoms with Crippen molar-refractivity contribution in [3.05, 3.63) is 51.5 Å². The van der Waals surface area contributed by atoms with E-state index in [1.54, 1.807) is 23.5 Å². The van der Waals surface area contributed by atoms with Crippen molar-refractivity contribution in [2.24, 2.45) is 4.99 Å². The van der Waals surface area contributed by atoms with Crippen molar-refractivity contribution < 1.29 is 4.79 Å². The van der Waals surface area contributed by atoms with E-state index in [2.05, 4.69) is 32.9 Å². The zero-order valence-electron chi connectivity index (χ0n) is 16.0. The summed E-state index contributed by atoms with van der Waals surface area (Å²) in [5, 5.41) is 10.5. The summed E-state index contributed by atoms with van der Waals surface area (Å²) in [6, 6.07) is 9.21. The Morgan fingerprint density at radius 1 is 1.11 bits per heavy atom. The molecule has 0 saturated carbocycles. The van der Waals surface area contributed by atoms with Crippen molar-refractivity contribution in [1.29, 1.82) is 0 Å². The van der Waals surface area contributed by atoms with Gasteiger partial charge in [-0.2, -0.15) is 0 Å². The van der Waals surface area contributed by atoms with E-state index in [0.29, 0.717) is 25.2 Å². The van der Waals surface area contributed by atoms with Gasteiger partial charge in [0.25, 0.3) is 5.91 Å². The lowest BCUT2D eigenvalue weighted by Gasteiger charge is -2.11. The Hall–Kier alpha value is -1.68. The van der Waals surface area contributed by atoms with Crippen LogP contribution in [0, 0.1) is 13.8 Å². The van der Waals surface area contributed by atoms with E-state index < -0.39 is 0 Å². The van der Waals surface area contributed by atoms with Crippen LogP contribution < -0.4 is 16.0 Å². The highest BCUT2D eigenvalue weighted by molar-refractivity contribution is 14.0. The monoisotopic (exact) mass is 501 g/mol. The molecule has 0 saturated heterocycles. The third kappa shape index (κ3) is 8.25. The topological polar surface area (TPSA) is 78.4 Å². The molecule has 0 bridgehead atoms. The molecule has 0 aliphatic rings. The van der Waals surface area contributed by atoms with Crippen LogP contribution >= 0.6 is 35.3 Å². The molecule has 1 aromatic heterocycles. The maximum atomic E-state index is 12.0. The van der Waals surface area contributed by atoms with Gasteiger partial charge in [-0.05, 0) is 32.9 Å². The summed E-state index contributed by atoms with van der Waals surface area (Å²) >= 11 is 1.73. The molecule has 6 nitrogen and oxygen atoms in total. The number of halogens is 1. The van der Waals surface area contributed by atoms with Crippen LogP contribution in [0.5, 0.6) is 0 Å². The fourth-order valence-corrected chi connectivity index (χ4v) is 3.22. The zero-order chi connectivity index (χ0) is 18.8. The van der Waals surface area contributed by atoms with Crippen LogP contribution in [-0.4, -0.2) is 43.0 Å². The summed E-state index contributed by atoms with van der Waals surface area (Å²) in [6.07, 6.45) is 0.834. The van der Waals surface area contributed by atoms with E-state index in [-0.39, 0.29) is 29.9 Å². The highest BCUT2D eigenvalue weighted by atomic mass is 127. The van der Waals surface area contributed by atoms with Crippen LogP contribution in [-0.2, 0) is 6.42 Å². The SMILES string of the molecule is CCNC(=NCCc1nc(C)c(C)s1)NCCNC(=O)c1ccccc1.I. The number of thiazole rings is 1. The van der Waals surface area contributed by atoms with Crippen LogP contribution in [0.15, 0.2) is 35.3 Å². The van der Waals surface area contributed by atoms with Crippen molar-refractivity contribution in [2.45, 2.75) is 27.2 Å². The Bertz CT molecular complexity index is 713. The fraction of sp³-hybridized carbons (Fsp3) is 0.421. The molecule has 27 heavy (non-hydrogen) atoms. The standard InChI is InChI=1S/C19H27N5OS.HI/c1-4-20-19(22-11-10-17-24-14(2)15(3)26-17)23-13-12-21-18(25)16-8-6-5-7-9-16;/h5-9H,4,10-13H2,1-3H3,(H,21,25)(H2,20,22,23);1H. The van der Waals surface area contributed by atoms with Gasteiger partial charge in [-0.1, -0.05) is 18.2 Å². The van der Waals surface area contributed by atoms with Gasteiger partial charge in [0.1, 0.15) is 0 Å². The van der Waals surface area contributed by atoms with E-state index in [1.165, 1.54) is 4.88 Å². The van der Waals surface area contributed by atoms with E-state index in [9.17, 15) is 4.79 Å². The number of hydrogen-bond acceptors (Lipinski definition) is 4. The van der Waals surface area contributed by atoms with E-state index >= 15 is 0 Å². The van der Waals surface area contributed by atoms with Crippen LogP contribution in [0.3, 0.4) is 0 Å². The molecule has 8 heteroatoms. The van der Waals surface area contributed by atoms with Crippen LogP contribution in [0.1, 0.15) is 32.9 Å². The Morgan fingerprint density at radius 3 is 2.44 bits per heavy atom. The molecule has 0 fully saturated rings. The van der Waals surface area contributed by atoms with Crippen molar-refractivity contribution in [2.75, 3.05) is 26.2 Å². The number of aryl methyl sites for hydroxylation is 2. The number of nitrogens with one attached hydrogen (secondary N) is 3. The summed E-state index contributed by atoms with van der Waals surface area (Å²) in [5.74, 6) is 0.690. The fourth-order valence-electron chi connectivity index (χ4n) is 2.30. The first-order valence-electron chi connectivity index (χ1n) is 8.88. The number of benzene rings is 1.